The molecule has 4 aromatic rings. The Bertz CT molecular complexity index is 1490. The van der Waals surface area contributed by atoms with Gasteiger partial charge >= 0.3 is 0 Å². The summed E-state index contributed by atoms with van der Waals surface area (Å²) < 4.78 is 11.4. The lowest BCUT2D eigenvalue weighted by Gasteiger charge is -2.33. The molecule has 1 amide bonds. The first kappa shape index (κ1) is 25.7. The van der Waals surface area contributed by atoms with E-state index in [1.54, 1.807) is 24.4 Å². The molecule has 194 valence electrons. The largest absolute Gasteiger partial charge is 0.459 e. The van der Waals surface area contributed by atoms with Crippen LogP contribution < -0.4 is 5.73 Å². The van der Waals surface area contributed by atoms with Gasteiger partial charge in [-0.25, -0.2) is 4.98 Å². The van der Waals surface area contributed by atoms with Gasteiger partial charge in [0.05, 0.1) is 24.3 Å². The molecule has 2 aromatic heterocycles. The molecule has 0 bridgehead atoms. The zero-order valence-corrected chi connectivity index (χ0v) is 21.8. The standard InChI is InChI=1S/C30H28ClN3O4/c1-19-18-37-13-12-34(19)30(36)22-6-4-21(5-7-22)23-14-24-15-26(38-29(24)27(31)16-23)10-9-25(35)8-2-20-3-11-28(32)33-17-20/h2-8,11,14-17,19H,9-10,12-13,18H2,1H3,(H2,32,33)/b8-2+/t19-/m0/s1. The summed E-state index contributed by atoms with van der Waals surface area (Å²) in [5.74, 6) is 1.12. The number of carbonyl (C=O) groups excluding carboxylic acids is 2. The van der Waals surface area contributed by atoms with Crippen molar-refractivity contribution in [3.8, 4) is 11.1 Å². The van der Waals surface area contributed by atoms with E-state index in [4.69, 9.17) is 26.5 Å². The number of aryl methyl sites for hydroxylation is 1. The minimum absolute atomic E-state index is 0.00911. The molecule has 2 aromatic carbocycles. The number of amides is 1. The summed E-state index contributed by atoms with van der Waals surface area (Å²) in [6.45, 7) is 3.71. The number of hydrogen-bond acceptors (Lipinski definition) is 6. The molecular weight excluding hydrogens is 502 g/mol. The molecule has 8 heteroatoms. The van der Waals surface area contributed by atoms with Crippen LogP contribution in [0.3, 0.4) is 0 Å². The number of furan rings is 1. The number of nitrogen functional groups attached to an aromatic ring is 1. The topological polar surface area (TPSA) is 98.7 Å². The van der Waals surface area contributed by atoms with Gasteiger partial charge < -0.3 is 19.8 Å². The molecule has 1 saturated heterocycles. The fraction of sp³-hybridized carbons (Fsp3) is 0.233. The Kier molecular flexibility index (Phi) is 7.58. The van der Waals surface area contributed by atoms with E-state index in [9.17, 15) is 9.59 Å². The number of ketones is 1. The number of nitrogens with zero attached hydrogens (tertiary/aromatic N) is 2. The van der Waals surface area contributed by atoms with Crippen LogP contribution in [0.4, 0.5) is 5.82 Å². The van der Waals surface area contributed by atoms with Crippen molar-refractivity contribution < 1.29 is 18.7 Å². The smallest absolute Gasteiger partial charge is 0.254 e. The van der Waals surface area contributed by atoms with Crippen molar-refractivity contribution in [2.75, 3.05) is 25.5 Å². The van der Waals surface area contributed by atoms with Crippen LogP contribution in [0.25, 0.3) is 28.2 Å². The molecule has 0 saturated carbocycles. The number of nitrogens with two attached hydrogens (primary N) is 1. The lowest BCUT2D eigenvalue weighted by molar-refractivity contribution is -0.114. The molecule has 1 aliphatic rings. The number of ether oxygens (including phenoxy) is 1. The first-order valence-corrected chi connectivity index (χ1v) is 12.9. The predicted molar refractivity (Wildman–Crippen MR) is 149 cm³/mol. The van der Waals surface area contributed by atoms with Crippen LogP contribution in [0.1, 0.15) is 35.0 Å². The summed E-state index contributed by atoms with van der Waals surface area (Å²) in [5.41, 5.74) is 9.50. The number of anilines is 1. The van der Waals surface area contributed by atoms with E-state index in [-0.39, 0.29) is 17.7 Å². The van der Waals surface area contributed by atoms with Crippen molar-refractivity contribution >= 4 is 46.2 Å². The normalized spacial score (nSPS) is 15.8. The number of rotatable bonds is 7. The van der Waals surface area contributed by atoms with Gasteiger partial charge in [0.25, 0.3) is 5.91 Å². The molecule has 1 fully saturated rings. The van der Waals surface area contributed by atoms with Crippen LogP contribution in [0.15, 0.2) is 71.3 Å². The van der Waals surface area contributed by atoms with E-state index >= 15 is 0 Å². The van der Waals surface area contributed by atoms with Crippen molar-refractivity contribution in [2.45, 2.75) is 25.8 Å². The lowest BCUT2D eigenvalue weighted by Crippen LogP contribution is -2.47. The number of hydrogen-bond donors (Lipinski definition) is 1. The molecule has 38 heavy (non-hydrogen) atoms. The SMILES string of the molecule is C[C@H]1COCCN1C(=O)c1ccc(-c2cc(Cl)c3oc(CCC(=O)/C=C/c4ccc(N)nc4)cc3c2)cc1. The Balaban J connectivity index is 1.26. The second-order valence-electron chi connectivity index (χ2n) is 9.41. The Morgan fingerprint density at radius 2 is 1.95 bits per heavy atom. The minimum atomic E-state index is -0.0184. The van der Waals surface area contributed by atoms with Crippen LogP contribution in [0.5, 0.6) is 0 Å². The maximum absolute atomic E-state index is 12.9. The number of fused-ring (bicyclic) bond motifs is 1. The Morgan fingerprint density at radius 3 is 2.68 bits per heavy atom. The number of allylic oxidation sites excluding steroid dienone is 1. The Hall–Kier alpha value is -3.94. The second-order valence-corrected chi connectivity index (χ2v) is 9.81. The predicted octanol–water partition coefficient (Wildman–Crippen LogP) is 5.81. The third kappa shape index (κ3) is 5.79. The van der Waals surface area contributed by atoms with Gasteiger partial charge in [0.15, 0.2) is 11.4 Å². The van der Waals surface area contributed by atoms with Gasteiger partial charge in [0.1, 0.15) is 11.6 Å². The highest BCUT2D eigenvalue weighted by Crippen LogP contribution is 2.33. The molecule has 1 aliphatic heterocycles. The number of halogens is 1. The maximum atomic E-state index is 12.9. The van der Waals surface area contributed by atoms with E-state index in [0.717, 1.165) is 22.1 Å². The monoisotopic (exact) mass is 529 g/mol. The highest BCUT2D eigenvalue weighted by Gasteiger charge is 2.24. The summed E-state index contributed by atoms with van der Waals surface area (Å²) >= 11 is 6.56. The van der Waals surface area contributed by atoms with Crippen molar-refractivity contribution in [1.29, 1.82) is 0 Å². The fourth-order valence-corrected chi connectivity index (χ4v) is 4.75. The van der Waals surface area contributed by atoms with Crippen LogP contribution in [-0.4, -0.2) is 47.4 Å². The van der Waals surface area contributed by atoms with Crippen LogP contribution in [0, 0.1) is 0 Å². The average molecular weight is 530 g/mol. The zero-order valence-electron chi connectivity index (χ0n) is 21.0. The highest BCUT2D eigenvalue weighted by molar-refractivity contribution is 6.35. The van der Waals surface area contributed by atoms with Gasteiger partial charge in [-0.2, -0.15) is 0 Å². The minimum Gasteiger partial charge on any atom is -0.459 e. The van der Waals surface area contributed by atoms with E-state index in [0.29, 0.717) is 60.3 Å². The highest BCUT2D eigenvalue weighted by atomic mass is 35.5. The molecule has 0 unspecified atom stereocenters. The van der Waals surface area contributed by atoms with Crippen molar-refractivity contribution in [2.24, 2.45) is 0 Å². The van der Waals surface area contributed by atoms with Gasteiger partial charge in [0.2, 0.25) is 0 Å². The summed E-state index contributed by atoms with van der Waals surface area (Å²) in [5, 5.41) is 1.36. The van der Waals surface area contributed by atoms with Crippen molar-refractivity contribution in [3.05, 3.63) is 88.8 Å². The van der Waals surface area contributed by atoms with Gasteiger partial charge in [-0.15, -0.1) is 0 Å². The molecule has 3 heterocycles. The summed E-state index contributed by atoms with van der Waals surface area (Å²) in [6.07, 6.45) is 5.64. The summed E-state index contributed by atoms with van der Waals surface area (Å²) in [7, 11) is 0. The second kappa shape index (κ2) is 11.2. The van der Waals surface area contributed by atoms with Gasteiger partial charge in [-0.05, 0) is 78.2 Å². The fourth-order valence-electron chi connectivity index (χ4n) is 4.49. The lowest BCUT2D eigenvalue weighted by atomic mass is 10.0. The third-order valence-electron chi connectivity index (χ3n) is 6.60. The van der Waals surface area contributed by atoms with Gasteiger partial charge in [0, 0.05) is 36.5 Å². The Morgan fingerprint density at radius 1 is 1.13 bits per heavy atom. The number of aromatic nitrogens is 1. The first-order chi connectivity index (χ1) is 18.4. The van der Waals surface area contributed by atoms with Crippen molar-refractivity contribution in [1.82, 2.24) is 9.88 Å². The quantitative estimate of drug-likeness (QED) is 0.303. The molecule has 7 nitrogen and oxygen atoms in total. The number of benzene rings is 2. The van der Waals surface area contributed by atoms with E-state index < -0.39 is 0 Å². The maximum Gasteiger partial charge on any atom is 0.254 e. The molecule has 0 radical (unpaired) electrons. The van der Waals surface area contributed by atoms with Crippen LogP contribution in [0.2, 0.25) is 5.02 Å². The summed E-state index contributed by atoms with van der Waals surface area (Å²) in [6, 6.07) is 16.9. The average Bonchev–Trinajstić information content (AvgIpc) is 3.35. The summed E-state index contributed by atoms with van der Waals surface area (Å²) in [4.78, 5) is 31.1. The van der Waals surface area contributed by atoms with Crippen LogP contribution in [-0.2, 0) is 16.0 Å². The molecular formula is C30H28ClN3O4. The number of pyridine rings is 1. The molecule has 1 atom stereocenters. The van der Waals surface area contributed by atoms with E-state index in [1.807, 2.05) is 54.3 Å². The molecule has 0 spiro atoms. The molecule has 2 N–H and O–H groups in total. The number of carbonyl (C=O) groups is 2. The van der Waals surface area contributed by atoms with E-state index in [2.05, 4.69) is 4.98 Å². The Labute approximate surface area is 225 Å². The van der Waals surface area contributed by atoms with Gasteiger partial charge in [-0.3, -0.25) is 9.59 Å². The number of morpholine rings is 1. The van der Waals surface area contributed by atoms with E-state index in [1.165, 1.54) is 6.08 Å². The van der Waals surface area contributed by atoms with Gasteiger partial charge in [-0.1, -0.05) is 23.7 Å². The third-order valence-corrected chi connectivity index (χ3v) is 6.89. The molecule has 0 aliphatic carbocycles. The molecule has 5 rings (SSSR count). The van der Waals surface area contributed by atoms with Crippen molar-refractivity contribution in [3.63, 3.8) is 0 Å². The first-order valence-electron chi connectivity index (χ1n) is 12.5. The zero-order chi connectivity index (χ0) is 26.6. The van der Waals surface area contributed by atoms with Crippen LogP contribution >= 0.6 is 11.6 Å².